The molecule has 2 aromatic heterocycles. The van der Waals surface area contributed by atoms with Crippen LogP contribution in [0.4, 0.5) is 0 Å². The molecular formula is C18H19N5O3. The van der Waals surface area contributed by atoms with E-state index in [9.17, 15) is 14.7 Å². The molecule has 0 spiro atoms. The first-order valence-electron chi connectivity index (χ1n) is 8.17. The number of aryl methyl sites for hydroxylation is 2. The molecule has 0 atom stereocenters. The molecule has 0 unspecified atom stereocenters. The van der Waals surface area contributed by atoms with Crippen LogP contribution in [0.15, 0.2) is 57.6 Å². The van der Waals surface area contributed by atoms with Crippen LogP contribution in [0.3, 0.4) is 0 Å². The maximum atomic E-state index is 12.1. The van der Waals surface area contributed by atoms with Crippen LogP contribution in [0, 0.1) is 6.92 Å². The van der Waals surface area contributed by atoms with Crippen molar-refractivity contribution in [3.05, 3.63) is 75.0 Å². The summed E-state index contributed by atoms with van der Waals surface area (Å²) in [6.07, 6.45) is 7.34. The lowest BCUT2D eigenvalue weighted by Crippen LogP contribution is -2.31. The average Bonchev–Trinajstić information content (AvgIpc) is 3.10. The minimum absolute atomic E-state index is 0.0475. The van der Waals surface area contributed by atoms with E-state index in [1.54, 1.807) is 30.7 Å². The quantitative estimate of drug-likeness (QED) is 0.514. The second kappa shape index (κ2) is 7.64. The van der Waals surface area contributed by atoms with Crippen molar-refractivity contribution < 1.29 is 5.11 Å². The second-order valence-corrected chi connectivity index (χ2v) is 5.86. The van der Waals surface area contributed by atoms with Crippen LogP contribution < -0.4 is 11.2 Å². The molecule has 2 N–H and O–H groups in total. The summed E-state index contributed by atoms with van der Waals surface area (Å²) in [5.41, 5.74) is -0.0212. The maximum absolute atomic E-state index is 12.1. The minimum atomic E-state index is -0.699. The summed E-state index contributed by atoms with van der Waals surface area (Å²) >= 11 is 0. The highest BCUT2D eigenvalue weighted by Crippen LogP contribution is 2.16. The zero-order valence-electron chi connectivity index (χ0n) is 14.3. The Morgan fingerprint density at radius 2 is 2.19 bits per heavy atom. The summed E-state index contributed by atoms with van der Waals surface area (Å²) in [4.78, 5) is 34.5. The van der Waals surface area contributed by atoms with Gasteiger partial charge >= 0.3 is 5.69 Å². The second-order valence-electron chi connectivity index (χ2n) is 5.86. The first-order valence-corrected chi connectivity index (χ1v) is 8.17. The summed E-state index contributed by atoms with van der Waals surface area (Å²) < 4.78 is 2.99. The first-order chi connectivity index (χ1) is 12.6. The smallest absolute Gasteiger partial charge is 0.335 e. The lowest BCUT2D eigenvalue weighted by Gasteiger charge is -2.10. The highest BCUT2D eigenvalue weighted by Gasteiger charge is 2.14. The number of hydrogen-bond acceptors (Lipinski definition) is 5. The number of H-pyrrole nitrogens is 1. The van der Waals surface area contributed by atoms with Gasteiger partial charge in [-0.05, 0) is 31.0 Å². The topological polar surface area (TPSA) is 105 Å². The van der Waals surface area contributed by atoms with E-state index in [0.29, 0.717) is 12.2 Å². The van der Waals surface area contributed by atoms with Crippen LogP contribution in [0.25, 0.3) is 5.69 Å². The summed E-state index contributed by atoms with van der Waals surface area (Å²) in [5, 5.41) is 10.4. The van der Waals surface area contributed by atoms with E-state index in [1.807, 2.05) is 23.8 Å². The molecule has 26 heavy (non-hydrogen) atoms. The van der Waals surface area contributed by atoms with E-state index in [2.05, 4.69) is 15.0 Å². The highest BCUT2D eigenvalue weighted by atomic mass is 16.3. The Morgan fingerprint density at radius 3 is 2.92 bits per heavy atom. The highest BCUT2D eigenvalue weighted by molar-refractivity contribution is 5.82. The predicted octanol–water partition coefficient (Wildman–Crippen LogP) is 1.25. The lowest BCUT2D eigenvalue weighted by molar-refractivity contribution is 0.430. The number of aliphatic imine (C=N–C) groups is 1. The normalized spacial score (nSPS) is 11.3. The van der Waals surface area contributed by atoms with Gasteiger partial charge in [0.15, 0.2) is 0 Å². The van der Waals surface area contributed by atoms with Crippen LogP contribution in [0.1, 0.15) is 17.5 Å². The van der Waals surface area contributed by atoms with Crippen molar-refractivity contribution in [2.24, 2.45) is 4.99 Å². The van der Waals surface area contributed by atoms with Crippen molar-refractivity contribution in [1.29, 1.82) is 0 Å². The minimum Gasteiger partial charge on any atom is -0.493 e. The number of nitrogens with zero attached hydrogens (tertiary/aromatic N) is 4. The van der Waals surface area contributed by atoms with Crippen molar-refractivity contribution >= 4 is 6.21 Å². The number of aromatic hydroxyl groups is 1. The largest absolute Gasteiger partial charge is 0.493 e. The van der Waals surface area contributed by atoms with Crippen molar-refractivity contribution in [1.82, 2.24) is 19.1 Å². The van der Waals surface area contributed by atoms with E-state index < -0.39 is 17.1 Å². The zero-order valence-corrected chi connectivity index (χ0v) is 14.3. The predicted molar refractivity (Wildman–Crippen MR) is 98.4 cm³/mol. The molecule has 0 fully saturated rings. The van der Waals surface area contributed by atoms with Crippen LogP contribution >= 0.6 is 0 Å². The van der Waals surface area contributed by atoms with Crippen LogP contribution in [-0.2, 0) is 6.54 Å². The molecule has 0 bridgehead atoms. The van der Waals surface area contributed by atoms with E-state index in [1.165, 1.54) is 6.21 Å². The van der Waals surface area contributed by atoms with Crippen molar-refractivity contribution in [3.8, 4) is 11.6 Å². The third kappa shape index (κ3) is 3.80. The van der Waals surface area contributed by atoms with Gasteiger partial charge in [0.1, 0.15) is 5.56 Å². The number of nitrogens with one attached hydrogen (secondary N) is 1. The number of aromatic amines is 1. The van der Waals surface area contributed by atoms with Gasteiger partial charge in [-0.3, -0.25) is 14.8 Å². The van der Waals surface area contributed by atoms with Crippen LogP contribution in [0.2, 0.25) is 0 Å². The van der Waals surface area contributed by atoms with E-state index >= 15 is 0 Å². The Bertz CT molecular complexity index is 1030. The summed E-state index contributed by atoms with van der Waals surface area (Å²) in [7, 11) is 0. The van der Waals surface area contributed by atoms with Gasteiger partial charge in [0.2, 0.25) is 5.88 Å². The molecule has 8 nitrogen and oxygen atoms in total. The standard InChI is InChI=1S/C18H19N5O3/c1-13-4-2-5-14(10-13)23-17(25)15(16(24)21-18(23)26)11-19-6-3-8-22-9-7-20-12-22/h2,4-5,7,9-12,25H,3,6,8H2,1H3,(H,21,24,26). The Balaban J connectivity index is 1.83. The van der Waals surface area contributed by atoms with E-state index in [-0.39, 0.29) is 5.56 Å². The Hall–Kier alpha value is -3.42. The van der Waals surface area contributed by atoms with Gasteiger partial charge < -0.3 is 9.67 Å². The average molecular weight is 353 g/mol. The maximum Gasteiger partial charge on any atom is 0.335 e. The number of imidazole rings is 1. The summed E-state index contributed by atoms with van der Waals surface area (Å²) in [6, 6.07) is 7.06. The summed E-state index contributed by atoms with van der Waals surface area (Å²) in [5.74, 6) is -0.428. The monoisotopic (exact) mass is 353 g/mol. The molecule has 3 rings (SSSR count). The van der Waals surface area contributed by atoms with Gasteiger partial charge in [0.25, 0.3) is 5.56 Å². The number of hydrogen-bond donors (Lipinski definition) is 2. The van der Waals surface area contributed by atoms with E-state index in [0.717, 1.165) is 23.1 Å². The molecule has 0 saturated heterocycles. The molecule has 0 aliphatic heterocycles. The molecule has 0 amide bonds. The number of benzene rings is 1. The van der Waals surface area contributed by atoms with Crippen LogP contribution in [0.5, 0.6) is 5.88 Å². The van der Waals surface area contributed by atoms with Gasteiger partial charge in [0.05, 0.1) is 12.0 Å². The van der Waals surface area contributed by atoms with Gasteiger partial charge in [-0.2, -0.15) is 0 Å². The van der Waals surface area contributed by atoms with Crippen molar-refractivity contribution in [3.63, 3.8) is 0 Å². The fraction of sp³-hybridized carbons (Fsp3) is 0.222. The number of rotatable bonds is 6. The molecule has 0 radical (unpaired) electrons. The third-order valence-electron chi connectivity index (χ3n) is 3.86. The Morgan fingerprint density at radius 1 is 1.35 bits per heavy atom. The fourth-order valence-electron chi connectivity index (χ4n) is 2.58. The SMILES string of the molecule is Cc1cccc(-n2c(O)c(C=NCCCn3ccnc3)c(=O)[nH]c2=O)c1. The molecular weight excluding hydrogens is 334 g/mol. The molecule has 0 aliphatic rings. The third-order valence-corrected chi connectivity index (χ3v) is 3.86. The van der Waals surface area contributed by atoms with Gasteiger partial charge in [-0.15, -0.1) is 0 Å². The Kier molecular flexibility index (Phi) is 5.12. The van der Waals surface area contributed by atoms with Gasteiger partial charge in [-0.25, -0.2) is 14.3 Å². The van der Waals surface area contributed by atoms with Crippen LogP contribution in [-0.4, -0.2) is 37.0 Å². The molecule has 0 saturated carbocycles. The molecule has 8 heteroatoms. The summed E-state index contributed by atoms with van der Waals surface area (Å²) in [6.45, 7) is 3.10. The molecule has 2 heterocycles. The first kappa shape index (κ1) is 17.4. The lowest BCUT2D eigenvalue weighted by atomic mass is 10.2. The van der Waals surface area contributed by atoms with E-state index in [4.69, 9.17) is 0 Å². The number of aromatic nitrogens is 4. The van der Waals surface area contributed by atoms with Crippen molar-refractivity contribution in [2.75, 3.05) is 6.54 Å². The molecule has 1 aromatic carbocycles. The Labute approximate surface area is 149 Å². The van der Waals surface area contributed by atoms with Gasteiger partial charge in [-0.1, -0.05) is 12.1 Å². The molecule has 3 aromatic rings. The molecule has 0 aliphatic carbocycles. The zero-order chi connectivity index (χ0) is 18.5. The fourth-order valence-corrected chi connectivity index (χ4v) is 2.58. The van der Waals surface area contributed by atoms with Crippen molar-refractivity contribution in [2.45, 2.75) is 19.9 Å². The molecule has 134 valence electrons. The van der Waals surface area contributed by atoms with Gasteiger partial charge in [0, 0.05) is 31.7 Å².